The van der Waals surface area contributed by atoms with Crippen LogP contribution in [-0.4, -0.2) is 16.1 Å². The lowest BCUT2D eigenvalue weighted by Gasteiger charge is -2.13. The van der Waals surface area contributed by atoms with E-state index in [9.17, 15) is 0 Å². The Kier molecular flexibility index (Phi) is 4.30. The van der Waals surface area contributed by atoms with E-state index in [4.69, 9.17) is 0 Å². The molecule has 2 aromatic rings. The van der Waals surface area contributed by atoms with E-state index >= 15 is 0 Å². The van der Waals surface area contributed by atoms with Crippen molar-refractivity contribution >= 4 is 21.9 Å². The number of aromatic nitrogens is 2. The number of nitrogens with zero attached hydrogens (tertiary/aromatic N) is 2. The molecule has 0 amide bonds. The van der Waals surface area contributed by atoms with Crippen molar-refractivity contribution in [2.75, 3.05) is 11.9 Å². The van der Waals surface area contributed by atoms with E-state index in [0.717, 1.165) is 28.3 Å². The monoisotopic (exact) mass is 321 g/mol. The smallest absolute Gasteiger partial charge is 0.207 e. The Bertz CT molecular complexity index is 573. The normalized spacial score (nSPS) is 11.1. The molecule has 0 fully saturated rings. The van der Waals surface area contributed by atoms with Crippen LogP contribution in [0.3, 0.4) is 0 Å². The predicted molar refractivity (Wildman–Crippen MR) is 84.1 cm³/mol. The van der Waals surface area contributed by atoms with Crippen LogP contribution in [0.4, 0.5) is 5.95 Å². The Labute approximate surface area is 123 Å². The van der Waals surface area contributed by atoms with E-state index in [1.54, 1.807) is 0 Å². The topological polar surface area (TPSA) is 29.9 Å². The van der Waals surface area contributed by atoms with Gasteiger partial charge in [-0.3, -0.25) is 4.57 Å². The Morgan fingerprint density at radius 2 is 2.05 bits per heavy atom. The van der Waals surface area contributed by atoms with Crippen molar-refractivity contribution in [2.24, 2.45) is 5.92 Å². The molecule has 0 radical (unpaired) electrons. The molecule has 0 bridgehead atoms. The van der Waals surface area contributed by atoms with Crippen LogP contribution in [0.2, 0.25) is 0 Å². The predicted octanol–water partition coefficient (Wildman–Crippen LogP) is 4.32. The van der Waals surface area contributed by atoms with Crippen LogP contribution < -0.4 is 5.32 Å². The molecule has 102 valence electrons. The first-order valence-electron chi connectivity index (χ1n) is 6.53. The van der Waals surface area contributed by atoms with Crippen molar-refractivity contribution in [1.82, 2.24) is 9.55 Å². The van der Waals surface area contributed by atoms with Gasteiger partial charge < -0.3 is 5.32 Å². The molecule has 1 aromatic heterocycles. The molecule has 1 aromatic carbocycles. The van der Waals surface area contributed by atoms with Crippen LogP contribution >= 0.6 is 15.9 Å². The Hall–Kier alpha value is -1.29. The Balaban J connectivity index is 2.38. The van der Waals surface area contributed by atoms with Crippen LogP contribution in [-0.2, 0) is 0 Å². The molecule has 0 aliphatic heterocycles. The first-order chi connectivity index (χ1) is 8.97. The number of benzene rings is 1. The van der Waals surface area contributed by atoms with E-state index in [1.165, 1.54) is 5.56 Å². The van der Waals surface area contributed by atoms with Crippen LogP contribution in [0.1, 0.15) is 25.1 Å². The summed E-state index contributed by atoms with van der Waals surface area (Å²) in [4.78, 5) is 4.55. The quantitative estimate of drug-likeness (QED) is 0.908. The van der Waals surface area contributed by atoms with E-state index < -0.39 is 0 Å². The standard InChI is InChI=1S/C15H20BrN3/c1-10(2)8-17-15-18-12(4)9-19(15)14-6-5-11(3)7-13(14)16/h5-7,9-10H,8H2,1-4H3,(H,17,18). The zero-order chi connectivity index (χ0) is 14.0. The molecule has 3 nitrogen and oxygen atoms in total. The second-order valence-corrected chi connectivity index (χ2v) is 6.16. The largest absolute Gasteiger partial charge is 0.355 e. The molecule has 0 spiro atoms. The van der Waals surface area contributed by atoms with Gasteiger partial charge in [-0.2, -0.15) is 0 Å². The van der Waals surface area contributed by atoms with E-state index in [-0.39, 0.29) is 0 Å². The molecule has 0 unspecified atom stereocenters. The van der Waals surface area contributed by atoms with Gasteiger partial charge in [0.25, 0.3) is 0 Å². The highest BCUT2D eigenvalue weighted by Crippen LogP contribution is 2.25. The molecule has 4 heteroatoms. The summed E-state index contributed by atoms with van der Waals surface area (Å²) in [6, 6.07) is 6.35. The minimum absolute atomic E-state index is 0.590. The summed E-state index contributed by atoms with van der Waals surface area (Å²) in [5.74, 6) is 1.49. The first-order valence-corrected chi connectivity index (χ1v) is 7.33. The van der Waals surface area contributed by atoms with Gasteiger partial charge in [0.15, 0.2) is 0 Å². The van der Waals surface area contributed by atoms with Gasteiger partial charge >= 0.3 is 0 Å². The number of imidazole rings is 1. The fourth-order valence-corrected chi connectivity index (χ4v) is 2.59. The van der Waals surface area contributed by atoms with Gasteiger partial charge in [0.05, 0.1) is 11.4 Å². The molecular formula is C15H20BrN3. The molecule has 19 heavy (non-hydrogen) atoms. The lowest BCUT2D eigenvalue weighted by Crippen LogP contribution is -2.12. The van der Waals surface area contributed by atoms with Gasteiger partial charge in [0.1, 0.15) is 0 Å². The van der Waals surface area contributed by atoms with Gasteiger partial charge in [-0.1, -0.05) is 19.9 Å². The third-order valence-corrected chi connectivity index (χ3v) is 3.49. The second-order valence-electron chi connectivity index (χ2n) is 5.31. The van der Waals surface area contributed by atoms with Crippen molar-refractivity contribution in [2.45, 2.75) is 27.7 Å². The molecule has 1 heterocycles. The summed E-state index contributed by atoms with van der Waals surface area (Å²) >= 11 is 3.63. The number of anilines is 1. The van der Waals surface area contributed by atoms with Crippen LogP contribution in [0, 0.1) is 19.8 Å². The molecule has 0 saturated heterocycles. The number of rotatable bonds is 4. The first kappa shape index (κ1) is 14.1. The summed E-state index contributed by atoms with van der Waals surface area (Å²) in [5.41, 5.74) is 3.36. The minimum Gasteiger partial charge on any atom is -0.355 e. The Morgan fingerprint density at radius 1 is 1.32 bits per heavy atom. The van der Waals surface area contributed by atoms with Crippen LogP contribution in [0.25, 0.3) is 5.69 Å². The van der Waals surface area contributed by atoms with Crippen LogP contribution in [0.5, 0.6) is 0 Å². The average molecular weight is 322 g/mol. The number of nitrogens with one attached hydrogen (secondary N) is 1. The lowest BCUT2D eigenvalue weighted by molar-refractivity contribution is 0.683. The molecule has 1 N–H and O–H groups in total. The van der Waals surface area contributed by atoms with Crippen molar-refractivity contribution in [3.63, 3.8) is 0 Å². The Morgan fingerprint density at radius 3 is 2.68 bits per heavy atom. The van der Waals surface area contributed by atoms with Gasteiger partial charge in [-0.05, 0) is 53.4 Å². The molecule has 2 rings (SSSR count). The SMILES string of the molecule is Cc1ccc(-n2cc(C)nc2NCC(C)C)c(Br)c1. The van der Waals surface area contributed by atoms with E-state index in [1.807, 2.05) is 6.92 Å². The summed E-state index contributed by atoms with van der Waals surface area (Å²) in [5, 5.41) is 3.40. The number of hydrogen-bond acceptors (Lipinski definition) is 2. The molecule has 0 aliphatic carbocycles. The van der Waals surface area contributed by atoms with Gasteiger partial charge in [-0.25, -0.2) is 4.98 Å². The number of aryl methyl sites for hydroxylation is 2. The molecule has 0 atom stereocenters. The average Bonchev–Trinajstić information content (AvgIpc) is 2.67. The summed E-state index contributed by atoms with van der Waals surface area (Å²) in [6.45, 7) is 9.40. The third kappa shape index (κ3) is 3.38. The van der Waals surface area contributed by atoms with Crippen molar-refractivity contribution in [3.05, 3.63) is 40.1 Å². The minimum atomic E-state index is 0.590. The van der Waals surface area contributed by atoms with Gasteiger partial charge in [-0.15, -0.1) is 0 Å². The van der Waals surface area contributed by atoms with Crippen molar-refractivity contribution in [1.29, 1.82) is 0 Å². The lowest BCUT2D eigenvalue weighted by atomic mass is 10.2. The van der Waals surface area contributed by atoms with Crippen LogP contribution in [0.15, 0.2) is 28.9 Å². The maximum absolute atomic E-state index is 4.55. The molecule has 0 aliphatic rings. The maximum atomic E-state index is 4.55. The third-order valence-electron chi connectivity index (χ3n) is 2.86. The van der Waals surface area contributed by atoms with E-state index in [2.05, 4.69) is 76.0 Å². The van der Waals surface area contributed by atoms with Crippen molar-refractivity contribution in [3.8, 4) is 5.69 Å². The summed E-state index contributed by atoms with van der Waals surface area (Å²) < 4.78 is 3.18. The van der Waals surface area contributed by atoms with Crippen molar-refractivity contribution < 1.29 is 0 Å². The molecule has 0 saturated carbocycles. The van der Waals surface area contributed by atoms with E-state index in [0.29, 0.717) is 5.92 Å². The fraction of sp³-hybridized carbons (Fsp3) is 0.400. The second kappa shape index (κ2) is 5.78. The fourth-order valence-electron chi connectivity index (χ4n) is 1.91. The van der Waals surface area contributed by atoms with Gasteiger partial charge in [0.2, 0.25) is 5.95 Å². The number of halogens is 1. The molecular weight excluding hydrogens is 302 g/mol. The van der Waals surface area contributed by atoms with Gasteiger partial charge in [0, 0.05) is 17.2 Å². The highest BCUT2D eigenvalue weighted by atomic mass is 79.9. The zero-order valence-corrected chi connectivity index (χ0v) is 13.5. The number of hydrogen-bond donors (Lipinski definition) is 1. The summed E-state index contributed by atoms with van der Waals surface area (Å²) in [7, 11) is 0. The summed E-state index contributed by atoms with van der Waals surface area (Å²) in [6.07, 6.45) is 2.05. The highest BCUT2D eigenvalue weighted by molar-refractivity contribution is 9.10. The maximum Gasteiger partial charge on any atom is 0.207 e. The zero-order valence-electron chi connectivity index (χ0n) is 11.9. The highest BCUT2D eigenvalue weighted by Gasteiger charge is 2.10.